The number of hydrogen-bond acceptors (Lipinski definition) is 4. The van der Waals surface area contributed by atoms with Crippen LogP contribution in [-0.4, -0.2) is 31.2 Å². The predicted octanol–water partition coefficient (Wildman–Crippen LogP) is 2.62. The molecule has 0 radical (unpaired) electrons. The minimum Gasteiger partial charge on any atom is -0.335 e. The number of nitrogens with zero attached hydrogens (tertiary/aromatic N) is 3. The molecule has 1 aliphatic rings. The third-order valence-electron chi connectivity index (χ3n) is 4.77. The minimum absolute atomic E-state index is 0.118. The van der Waals surface area contributed by atoms with E-state index in [9.17, 15) is 9.18 Å². The molecule has 0 fully saturated rings. The molecule has 4 rings (SSSR count). The molecule has 2 N–H and O–H groups in total. The average molecular weight is 371 g/mol. The smallest absolute Gasteiger partial charge is 0.256 e. The Bertz CT molecular complexity index is 1070. The first-order chi connectivity index (χ1) is 12.5. The monoisotopic (exact) mass is 371 g/mol. The molecule has 1 aromatic carbocycles. The molecule has 0 saturated carbocycles. The maximum absolute atomic E-state index is 13.1. The summed E-state index contributed by atoms with van der Waals surface area (Å²) in [6, 6.07) is 6.26. The van der Waals surface area contributed by atoms with E-state index in [0.29, 0.717) is 17.9 Å². The van der Waals surface area contributed by atoms with E-state index >= 15 is 0 Å². The molecule has 134 valence electrons. The van der Waals surface area contributed by atoms with Gasteiger partial charge in [-0.05, 0) is 43.4 Å². The lowest BCUT2D eigenvalue weighted by Crippen LogP contribution is -2.35. The van der Waals surface area contributed by atoms with Gasteiger partial charge in [0.2, 0.25) is 0 Å². The van der Waals surface area contributed by atoms with Crippen LogP contribution in [0.15, 0.2) is 35.3 Å². The number of nitrogens with one attached hydrogen (secondary N) is 2. The van der Waals surface area contributed by atoms with E-state index < -0.39 is 0 Å². The second kappa shape index (κ2) is 6.62. The van der Waals surface area contributed by atoms with Gasteiger partial charge in [-0.15, -0.1) is 0 Å². The third kappa shape index (κ3) is 3.13. The van der Waals surface area contributed by atoms with Gasteiger partial charge in [0.15, 0.2) is 4.77 Å². The van der Waals surface area contributed by atoms with Crippen LogP contribution in [0.1, 0.15) is 22.5 Å². The Balaban J connectivity index is 1.56. The zero-order chi connectivity index (χ0) is 18.3. The summed E-state index contributed by atoms with van der Waals surface area (Å²) in [4.78, 5) is 20.1. The summed E-state index contributed by atoms with van der Waals surface area (Å²) in [7, 11) is 0. The van der Waals surface area contributed by atoms with E-state index in [1.54, 1.807) is 16.8 Å². The van der Waals surface area contributed by atoms with Crippen LogP contribution < -0.4 is 5.56 Å². The molecule has 0 atom stereocenters. The maximum atomic E-state index is 13.1. The Labute approximate surface area is 154 Å². The molecule has 3 heterocycles. The Kier molecular flexibility index (Phi) is 4.29. The van der Waals surface area contributed by atoms with Crippen molar-refractivity contribution in [3.05, 3.63) is 73.9 Å². The van der Waals surface area contributed by atoms with Crippen molar-refractivity contribution in [2.75, 3.05) is 6.54 Å². The van der Waals surface area contributed by atoms with Crippen LogP contribution >= 0.6 is 12.2 Å². The van der Waals surface area contributed by atoms with Crippen LogP contribution in [0.4, 0.5) is 4.39 Å². The van der Waals surface area contributed by atoms with Gasteiger partial charge >= 0.3 is 0 Å². The highest BCUT2D eigenvalue weighted by Crippen LogP contribution is 2.20. The van der Waals surface area contributed by atoms with Crippen molar-refractivity contribution < 1.29 is 4.39 Å². The zero-order valence-corrected chi connectivity index (χ0v) is 15.1. The lowest BCUT2D eigenvalue weighted by atomic mass is 10.1. The summed E-state index contributed by atoms with van der Waals surface area (Å²) in [6.45, 7) is 4.09. The Morgan fingerprint density at radius 2 is 2.04 bits per heavy atom. The van der Waals surface area contributed by atoms with E-state index in [1.165, 1.54) is 12.1 Å². The van der Waals surface area contributed by atoms with Crippen LogP contribution in [0, 0.1) is 17.5 Å². The fraction of sp³-hybridized carbons (Fsp3) is 0.278. The summed E-state index contributed by atoms with van der Waals surface area (Å²) < 4.78 is 15.3. The van der Waals surface area contributed by atoms with E-state index in [-0.39, 0.29) is 11.4 Å². The van der Waals surface area contributed by atoms with Gasteiger partial charge in [0.05, 0.1) is 17.4 Å². The average Bonchev–Trinajstić information content (AvgIpc) is 2.97. The number of benzene rings is 1. The molecule has 0 aliphatic carbocycles. The lowest BCUT2D eigenvalue weighted by molar-refractivity contribution is 0.241. The van der Waals surface area contributed by atoms with Crippen LogP contribution in [0.2, 0.25) is 0 Å². The van der Waals surface area contributed by atoms with Gasteiger partial charge in [0.25, 0.3) is 5.56 Å². The summed E-state index contributed by atoms with van der Waals surface area (Å²) in [5.41, 5.74) is 4.46. The molecular formula is C18H18FN5OS. The summed E-state index contributed by atoms with van der Waals surface area (Å²) >= 11 is 5.03. The van der Waals surface area contributed by atoms with E-state index in [4.69, 9.17) is 12.2 Å². The quantitative estimate of drug-likeness (QED) is 0.695. The first-order valence-electron chi connectivity index (χ1n) is 8.37. The van der Waals surface area contributed by atoms with Crippen LogP contribution in [0.5, 0.6) is 0 Å². The second-order valence-electron chi connectivity index (χ2n) is 6.47. The molecule has 0 spiro atoms. The molecule has 0 unspecified atom stereocenters. The topological polar surface area (TPSA) is 69.7 Å². The summed E-state index contributed by atoms with van der Waals surface area (Å²) in [5.74, 6) is -0.268. The van der Waals surface area contributed by atoms with Crippen molar-refractivity contribution in [1.29, 1.82) is 0 Å². The number of rotatable bonds is 3. The number of aromatic amines is 2. The number of halogens is 1. The van der Waals surface area contributed by atoms with E-state index in [0.717, 1.165) is 41.2 Å². The Hall–Kier alpha value is -2.58. The first kappa shape index (κ1) is 16.9. The largest absolute Gasteiger partial charge is 0.335 e. The third-order valence-corrected chi connectivity index (χ3v) is 4.97. The Morgan fingerprint density at radius 3 is 2.81 bits per heavy atom. The van der Waals surface area contributed by atoms with E-state index in [1.807, 2.05) is 13.1 Å². The van der Waals surface area contributed by atoms with Gasteiger partial charge < -0.3 is 4.98 Å². The van der Waals surface area contributed by atoms with Crippen molar-refractivity contribution >= 4 is 12.2 Å². The van der Waals surface area contributed by atoms with Gasteiger partial charge in [-0.3, -0.25) is 14.7 Å². The predicted molar refractivity (Wildman–Crippen MR) is 98.3 cm³/mol. The molecule has 0 bridgehead atoms. The zero-order valence-electron chi connectivity index (χ0n) is 14.3. The van der Waals surface area contributed by atoms with E-state index in [2.05, 4.69) is 20.0 Å². The van der Waals surface area contributed by atoms with Gasteiger partial charge in [-0.2, -0.15) is 5.10 Å². The van der Waals surface area contributed by atoms with Gasteiger partial charge in [-0.25, -0.2) is 9.07 Å². The van der Waals surface area contributed by atoms with Gasteiger partial charge in [0, 0.05) is 43.0 Å². The van der Waals surface area contributed by atoms with Crippen LogP contribution in [0.3, 0.4) is 0 Å². The number of fused-ring (bicyclic) bond motifs is 1. The fourth-order valence-electron chi connectivity index (χ4n) is 3.33. The van der Waals surface area contributed by atoms with Gasteiger partial charge in [-0.1, -0.05) is 0 Å². The normalized spacial score (nSPS) is 14.4. The second-order valence-corrected chi connectivity index (χ2v) is 6.88. The van der Waals surface area contributed by atoms with Crippen molar-refractivity contribution in [1.82, 2.24) is 24.6 Å². The minimum atomic E-state index is -0.268. The number of H-pyrrole nitrogens is 2. The molecule has 0 saturated heterocycles. The molecule has 8 heteroatoms. The standard InChI is InChI=1S/C18H18FN5OS/c1-11-12(8-20-24(11)14-4-2-13(19)3-5-14)9-23-7-6-16-15(10-23)17(25)22-18(26)21-16/h2-5,8H,6-7,9-10H2,1H3,(H2,21,22,25,26). The van der Waals surface area contributed by atoms with Crippen molar-refractivity contribution in [3.63, 3.8) is 0 Å². The number of hydrogen-bond donors (Lipinski definition) is 2. The van der Waals surface area contributed by atoms with Crippen molar-refractivity contribution in [2.45, 2.75) is 26.4 Å². The SMILES string of the molecule is Cc1c(CN2CCc3[nH]c(=S)[nH]c(=O)c3C2)cnn1-c1ccc(F)cc1. The highest BCUT2D eigenvalue weighted by molar-refractivity contribution is 7.71. The fourth-order valence-corrected chi connectivity index (χ4v) is 3.55. The molecule has 26 heavy (non-hydrogen) atoms. The van der Waals surface area contributed by atoms with Gasteiger partial charge in [0.1, 0.15) is 5.82 Å². The molecular weight excluding hydrogens is 353 g/mol. The van der Waals surface area contributed by atoms with Crippen LogP contribution in [-0.2, 0) is 19.5 Å². The summed E-state index contributed by atoms with van der Waals surface area (Å²) in [6.07, 6.45) is 2.59. The first-order valence-corrected chi connectivity index (χ1v) is 8.78. The molecule has 2 aromatic heterocycles. The maximum Gasteiger partial charge on any atom is 0.256 e. The molecule has 3 aromatic rings. The summed E-state index contributed by atoms with van der Waals surface area (Å²) in [5, 5.41) is 4.43. The number of aromatic nitrogens is 4. The molecule has 1 aliphatic heterocycles. The Morgan fingerprint density at radius 1 is 1.27 bits per heavy atom. The highest BCUT2D eigenvalue weighted by atomic mass is 32.1. The molecule has 6 nitrogen and oxygen atoms in total. The van der Waals surface area contributed by atoms with Crippen molar-refractivity contribution in [2.24, 2.45) is 0 Å². The molecule has 0 amide bonds. The van der Waals surface area contributed by atoms with Crippen LogP contribution in [0.25, 0.3) is 5.69 Å². The van der Waals surface area contributed by atoms with Crippen molar-refractivity contribution in [3.8, 4) is 5.69 Å². The lowest BCUT2D eigenvalue weighted by Gasteiger charge is -2.27. The highest BCUT2D eigenvalue weighted by Gasteiger charge is 2.21.